The number of allylic oxidation sites excluding steroid dienone is 1. The monoisotopic (exact) mass is 392 g/mol. The fourth-order valence-electron chi connectivity index (χ4n) is 1.47. The molecule has 6 N–H and O–H groups in total. The highest BCUT2D eigenvalue weighted by molar-refractivity contribution is 5.89. The van der Waals surface area contributed by atoms with Crippen molar-refractivity contribution >= 4 is 17.9 Å². The lowest BCUT2D eigenvalue weighted by Crippen LogP contribution is -2.15. The Kier molecular flexibility index (Phi) is 26.0. The van der Waals surface area contributed by atoms with Gasteiger partial charge in [-0.1, -0.05) is 31.8 Å². The number of hydrogen-bond acceptors (Lipinski definition) is 6. The van der Waals surface area contributed by atoms with Crippen molar-refractivity contribution in [3.05, 3.63) is 24.8 Å². The molecule has 0 unspecified atom stereocenters. The second-order valence-corrected chi connectivity index (χ2v) is 5.37. The lowest BCUT2D eigenvalue weighted by molar-refractivity contribution is -0.137. The molecule has 0 fully saturated rings. The smallest absolute Gasteiger partial charge is 0.328 e. The number of rotatable bonds is 13. The van der Waals surface area contributed by atoms with Crippen LogP contribution in [0.1, 0.15) is 51.4 Å². The molecule has 0 saturated heterocycles. The highest BCUT2D eigenvalue weighted by Crippen LogP contribution is 2.08. The van der Waals surface area contributed by atoms with Crippen LogP contribution in [0.25, 0.3) is 0 Å². The molecule has 9 heteroatoms. The van der Waals surface area contributed by atoms with Gasteiger partial charge in [0.15, 0.2) is 0 Å². The van der Waals surface area contributed by atoms with E-state index in [1.807, 2.05) is 6.08 Å². The number of aliphatic carboxylic acids is 3. The summed E-state index contributed by atoms with van der Waals surface area (Å²) in [7, 11) is 0. The summed E-state index contributed by atoms with van der Waals surface area (Å²) in [5, 5.41) is 48.0. The molecule has 0 heterocycles. The largest absolute Gasteiger partial charge is 0.481 e. The van der Waals surface area contributed by atoms with Gasteiger partial charge in [0.2, 0.25) is 0 Å². The number of carboxylic acids is 3. The molecule has 0 radical (unpaired) electrons. The Hall–Kier alpha value is -2.23. The quantitative estimate of drug-likeness (QED) is 0.154. The molecule has 0 aromatic carbocycles. The molecule has 0 aliphatic heterocycles. The molecule has 0 spiro atoms. The van der Waals surface area contributed by atoms with Gasteiger partial charge in [0, 0.05) is 18.6 Å². The third-order valence-corrected chi connectivity index (χ3v) is 2.84. The summed E-state index contributed by atoms with van der Waals surface area (Å²) >= 11 is 0. The van der Waals surface area contributed by atoms with E-state index in [2.05, 4.69) is 6.58 Å². The maximum atomic E-state index is 10.2. The van der Waals surface area contributed by atoms with Crippen molar-refractivity contribution in [3.8, 4) is 0 Å². The fraction of sp³-hybridized carbons (Fsp3) is 0.611. The van der Waals surface area contributed by atoms with Crippen LogP contribution >= 0.6 is 0 Å². The van der Waals surface area contributed by atoms with Crippen LogP contribution in [0, 0.1) is 0 Å². The van der Waals surface area contributed by atoms with E-state index in [0.717, 1.165) is 19.3 Å². The van der Waals surface area contributed by atoms with Crippen molar-refractivity contribution in [2.75, 3.05) is 13.2 Å². The molecule has 0 aliphatic rings. The number of carbonyl (C=O) groups is 3. The molecule has 0 rings (SSSR count). The summed E-state index contributed by atoms with van der Waals surface area (Å²) in [6, 6.07) is 0. The first kappa shape index (κ1) is 29.5. The minimum absolute atomic E-state index is 0.326. The van der Waals surface area contributed by atoms with Gasteiger partial charge in [0.1, 0.15) is 6.10 Å². The zero-order chi connectivity index (χ0) is 21.5. The summed E-state index contributed by atoms with van der Waals surface area (Å²) in [5.41, 5.74) is 0. The van der Waals surface area contributed by atoms with E-state index >= 15 is 0 Å². The minimum atomic E-state index is -1.26. The average Bonchev–Trinajstić information content (AvgIpc) is 2.62. The normalized spacial score (nSPS) is 9.78. The lowest BCUT2D eigenvalue weighted by atomic mass is 10.1. The molecule has 0 aromatic rings. The molecule has 0 aromatic heterocycles. The van der Waals surface area contributed by atoms with Gasteiger partial charge >= 0.3 is 17.9 Å². The van der Waals surface area contributed by atoms with Crippen molar-refractivity contribution in [1.29, 1.82) is 0 Å². The van der Waals surface area contributed by atoms with Crippen molar-refractivity contribution in [2.45, 2.75) is 57.5 Å². The number of aliphatic hydroxyl groups is 3. The van der Waals surface area contributed by atoms with Gasteiger partial charge in [-0.15, -0.1) is 6.58 Å². The van der Waals surface area contributed by atoms with E-state index in [0.29, 0.717) is 18.6 Å². The highest BCUT2D eigenvalue weighted by atomic mass is 16.4. The van der Waals surface area contributed by atoms with Crippen molar-refractivity contribution in [1.82, 2.24) is 0 Å². The fourth-order valence-corrected chi connectivity index (χ4v) is 1.47. The summed E-state index contributed by atoms with van der Waals surface area (Å²) < 4.78 is 0. The van der Waals surface area contributed by atoms with E-state index in [1.165, 1.54) is 25.7 Å². The summed E-state index contributed by atoms with van der Waals surface area (Å²) in [4.78, 5) is 29.3. The van der Waals surface area contributed by atoms with Gasteiger partial charge in [-0.05, 0) is 19.3 Å². The van der Waals surface area contributed by atoms with E-state index in [1.54, 1.807) is 0 Å². The molecule has 27 heavy (non-hydrogen) atoms. The second kappa shape index (κ2) is 23.8. The van der Waals surface area contributed by atoms with Crippen molar-refractivity contribution in [3.63, 3.8) is 0 Å². The summed E-state index contributed by atoms with van der Waals surface area (Å²) in [5.74, 6) is -3.19. The second-order valence-electron chi connectivity index (χ2n) is 5.37. The van der Waals surface area contributed by atoms with Gasteiger partial charge in [0.25, 0.3) is 0 Å². The van der Waals surface area contributed by atoms with Crippen LogP contribution in [-0.4, -0.2) is 67.9 Å². The Morgan fingerprint density at radius 1 is 0.778 bits per heavy atom. The van der Waals surface area contributed by atoms with E-state index in [9.17, 15) is 14.4 Å². The Bertz CT molecular complexity index is 399. The van der Waals surface area contributed by atoms with Gasteiger partial charge < -0.3 is 30.6 Å². The maximum Gasteiger partial charge on any atom is 0.328 e. The predicted molar refractivity (Wildman–Crippen MR) is 99.4 cm³/mol. The van der Waals surface area contributed by atoms with Crippen molar-refractivity contribution in [2.24, 2.45) is 0 Å². The first-order valence-corrected chi connectivity index (χ1v) is 8.57. The van der Waals surface area contributed by atoms with E-state index in [4.69, 9.17) is 30.6 Å². The molecule has 0 bridgehead atoms. The molecule has 9 nitrogen and oxygen atoms in total. The number of aliphatic hydroxyl groups excluding tert-OH is 3. The topological polar surface area (TPSA) is 173 Å². The van der Waals surface area contributed by atoms with Crippen LogP contribution in [0.3, 0.4) is 0 Å². The Morgan fingerprint density at radius 2 is 1.19 bits per heavy atom. The van der Waals surface area contributed by atoms with Crippen LogP contribution in [0.4, 0.5) is 0 Å². The average molecular weight is 392 g/mol. The maximum absolute atomic E-state index is 10.2. The van der Waals surface area contributed by atoms with Gasteiger partial charge in [-0.25, -0.2) is 9.59 Å². The van der Waals surface area contributed by atoms with Crippen LogP contribution in [0.2, 0.25) is 0 Å². The molecule has 0 atom stereocenters. The first-order chi connectivity index (χ1) is 12.7. The Labute approximate surface area is 159 Å². The van der Waals surface area contributed by atoms with Gasteiger partial charge in [-0.2, -0.15) is 0 Å². The summed E-state index contributed by atoms with van der Waals surface area (Å²) in [6.07, 6.45) is 10.3. The third-order valence-electron chi connectivity index (χ3n) is 2.84. The first-order valence-electron chi connectivity index (χ1n) is 8.57. The standard InChI is InChI=1S/C11H20O2.C4H4O4.C3H8O3/c1-2-3-4-5-6-7-8-9-10-11(12)13;5-3(6)1-2-4(7)8;4-1-3(6)2-5/h2H,1,3-10H2,(H,12,13);1-2H,(H,5,6)(H,7,8);3-6H,1-2H2/b;2-1-;. The van der Waals surface area contributed by atoms with E-state index < -0.39 is 24.0 Å². The molecule has 0 aliphatic carbocycles. The molecular formula is C18H32O9. The third kappa shape index (κ3) is 40.1. The highest BCUT2D eigenvalue weighted by Gasteiger charge is 1.96. The lowest BCUT2D eigenvalue weighted by Gasteiger charge is -1.98. The molecule has 0 amide bonds. The predicted octanol–water partition coefficient (Wildman–Crippen LogP) is 1.42. The Morgan fingerprint density at radius 3 is 1.48 bits per heavy atom. The minimum Gasteiger partial charge on any atom is -0.481 e. The SMILES string of the molecule is C=CCCCCCCCCC(=O)O.O=C(O)/C=C\C(=O)O.OCC(O)CO. The Balaban J connectivity index is -0.000000351. The van der Waals surface area contributed by atoms with Gasteiger partial charge in [-0.3, -0.25) is 4.79 Å². The zero-order valence-corrected chi connectivity index (χ0v) is 15.5. The summed E-state index contributed by atoms with van der Waals surface area (Å²) in [6.45, 7) is 2.93. The van der Waals surface area contributed by atoms with Crippen molar-refractivity contribution < 1.29 is 45.0 Å². The van der Waals surface area contributed by atoms with E-state index in [-0.39, 0.29) is 13.2 Å². The van der Waals surface area contributed by atoms with Crippen LogP contribution in [0.15, 0.2) is 24.8 Å². The molecular weight excluding hydrogens is 360 g/mol. The zero-order valence-electron chi connectivity index (χ0n) is 15.5. The number of carboxylic acid groups (broad SMARTS) is 3. The van der Waals surface area contributed by atoms with Crippen LogP contribution in [-0.2, 0) is 14.4 Å². The van der Waals surface area contributed by atoms with Crippen LogP contribution in [0.5, 0.6) is 0 Å². The molecule has 158 valence electrons. The van der Waals surface area contributed by atoms with Gasteiger partial charge in [0.05, 0.1) is 13.2 Å². The molecule has 0 saturated carbocycles. The van der Waals surface area contributed by atoms with Crippen LogP contribution < -0.4 is 0 Å². The number of hydrogen-bond donors (Lipinski definition) is 6. The number of unbranched alkanes of at least 4 members (excludes halogenated alkanes) is 6.